The van der Waals surface area contributed by atoms with Crippen molar-refractivity contribution in [2.75, 3.05) is 40.9 Å². The third-order valence-electron chi connectivity index (χ3n) is 15.6. The van der Waals surface area contributed by atoms with Crippen LogP contribution in [-0.4, -0.2) is 73.4 Å². The maximum Gasteiger partial charge on any atom is 0.472 e. The van der Waals surface area contributed by atoms with Crippen molar-refractivity contribution < 1.29 is 32.9 Å². The molecule has 0 saturated carbocycles. The maximum absolute atomic E-state index is 13.0. The van der Waals surface area contributed by atoms with Crippen molar-refractivity contribution in [1.82, 2.24) is 5.32 Å². The fourth-order valence-corrected chi connectivity index (χ4v) is 11.0. The summed E-state index contributed by atoms with van der Waals surface area (Å²) in [6.07, 6.45) is 78.6. The molecule has 3 atom stereocenters. The largest absolute Gasteiger partial charge is 0.472 e. The second-order valence-electron chi connectivity index (χ2n) is 24.5. The minimum atomic E-state index is -4.36. The molecule has 456 valence electrons. The number of nitrogens with one attached hydrogen (secondary N) is 1. The molecular formula is C68H134N2O6P+. The fourth-order valence-electron chi connectivity index (χ4n) is 10.3. The first-order valence-electron chi connectivity index (χ1n) is 33.9. The molecule has 0 saturated heterocycles. The number of phosphoric acid groups is 1. The van der Waals surface area contributed by atoms with E-state index in [4.69, 9.17) is 9.05 Å². The Bertz CT molecular complexity index is 1350. The summed E-state index contributed by atoms with van der Waals surface area (Å²) in [6.45, 7) is 4.85. The number of allylic oxidation sites excluding steroid dienone is 5. The molecule has 0 fully saturated rings. The van der Waals surface area contributed by atoms with E-state index in [1.165, 1.54) is 283 Å². The first kappa shape index (κ1) is 75.7. The summed E-state index contributed by atoms with van der Waals surface area (Å²) in [7, 11) is 1.57. The molecule has 8 nitrogen and oxygen atoms in total. The number of aliphatic hydroxyl groups excluding tert-OH is 1. The molecule has 0 aliphatic rings. The average Bonchev–Trinajstić information content (AvgIpc) is 3.39. The van der Waals surface area contributed by atoms with Crippen LogP contribution in [0.15, 0.2) is 36.5 Å². The highest BCUT2D eigenvalue weighted by molar-refractivity contribution is 7.47. The molecule has 0 radical (unpaired) electrons. The number of nitrogens with zero attached hydrogens (tertiary/aromatic N) is 1. The van der Waals surface area contributed by atoms with Gasteiger partial charge < -0.3 is 19.8 Å². The van der Waals surface area contributed by atoms with E-state index in [1.54, 1.807) is 6.08 Å². The monoisotopic (exact) mass is 1110 g/mol. The Kier molecular flexibility index (Phi) is 58.4. The summed E-state index contributed by atoms with van der Waals surface area (Å²) in [4.78, 5) is 23.4. The van der Waals surface area contributed by atoms with E-state index in [0.717, 1.165) is 38.5 Å². The lowest BCUT2D eigenvalue weighted by Gasteiger charge is -2.25. The van der Waals surface area contributed by atoms with Crippen molar-refractivity contribution in [2.24, 2.45) is 0 Å². The lowest BCUT2D eigenvalue weighted by Crippen LogP contribution is -2.45. The minimum Gasteiger partial charge on any atom is -0.387 e. The molecule has 0 rings (SSSR count). The van der Waals surface area contributed by atoms with Gasteiger partial charge in [-0.15, -0.1) is 0 Å². The van der Waals surface area contributed by atoms with Crippen LogP contribution in [0.3, 0.4) is 0 Å². The van der Waals surface area contributed by atoms with Gasteiger partial charge in [-0.05, 0) is 57.8 Å². The highest BCUT2D eigenvalue weighted by atomic mass is 31.2. The fraction of sp³-hybridized carbons (Fsp3) is 0.897. The Balaban J connectivity index is 4.05. The number of carbonyl (C=O) groups is 1. The standard InChI is InChI=1S/C68H133N2O6P/c1-6-8-10-12-14-16-18-20-22-24-26-28-30-31-32-33-34-35-36-37-38-39-40-42-44-46-48-50-52-54-56-58-60-62-68(72)69-66(65-76-77(73,74)75-64-63-70(3,4)5)67(71)61-59-57-55-53-51-49-47-45-43-41-29-27-25-23-21-19-17-15-13-11-9-7-2/h24,26,51,53,59,61,66-67,71H,6-23,25,27-50,52,54-58,60,62-65H2,1-5H3,(H-,69,72,73,74)/p+1/b26-24-,53-51+,61-59+. The molecule has 3 N–H and O–H groups in total. The SMILES string of the molecule is CCCCCCCCCC/C=C\CCCCCCCCCCCCCCCCCCCCCCCC(=O)NC(COP(=O)(O)OCC[N+](C)(C)C)C(O)/C=C/CC/C=C/CCCCCCCCCCCCCCCCCC. The van der Waals surface area contributed by atoms with Crippen LogP contribution in [0, 0.1) is 0 Å². The summed E-state index contributed by atoms with van der Waals surface area (Å²) in [6, 6.07) is -0.863. The van der Waals surface area contributed by atoms with Crippen molar-refractivity contribution in [3.8, 4) is 0 Å². The van der Waals surface area contributed by atoms with Crippen LogP contribution in [0.25, 0.3) is 0 Å². The van der Waals surface area contributed by atoms with Crippen LogP contribution in [0.4, 0.5) is 0 Å². The van der Waals surface area contributed by atoms with E-state index in [2.05, 4.69) is 43.5 Å². The first-order valence-corrected chi connectivity index (χ1v) is 35.4. The van der Waals surface area contributed by atoms with E-state index in [1.807, 2.05) is 27.2 Å². The smallest absolute Gasteiger partial charge is 0.387 e. The summed E-state index contributed by atoms with van der Waals surface area (Å²) in [5, 5.41) is 14.0. The number of rotatable bonds is 63. The van der Waals surface area contributed by atoms with Crippen LogP contribution in [-0.2, 0) is 18.4 Å². The van der Waals surface area contributed by atoms with E-state index < -0.39 is 20.0 Å². The average molecular weight is 1110 g/mol. The number of hydrogen-bond acceptors (Lipinski definition) is 5. The Labute approximate surface area is 480 Å². The van der Waals surface area contributed by atoms with Gasteiger partial charge in [-0.2, -0.15) is 0 Å². The molecule has 0 aromatic rings. The minimum absolute atomic E-state index is 0.0581. The molecule has 9 heteroatoms. The number of aliphatic hydroxyl groups is 1. The van der Waals surface area contributed by atoms with Gasteiger partial charge in [-0.25, -0.2) is 4.57 Å². The number of carbonyl (C=O) groups excluding carboxylic acids is 1. The molecule has 3 unspecified atom stereocenters. The third kappa shape index (κ3) is 62.2. The molecule has 0 spiro atoms. The summed E-state index contributed by atoms with van der Waals surface area (Å²) >= 11 is 0. The van der Waals surface area contributed by atoms with Gasteiger partial charge in [0.1, 0.15) is 13.2 Å². The molecule has 1 amide bonds. The number of likely N-dealkylation sites (N-methyl/N-ethyl adjacent to an activating group) is 1. The summed E-state index contributed by atoms with van der Waals surface area (Å²) < 4.78 is 23.8. The van der Waals surface area contributed by atoms with Crippen LogP contribution < -0.4 is 5.32 Å². The molecule has 0 aliphatic heterocycles. The van der Waals surface area contributed by atoms with E-state index in [9.17, 15) is 19.4 Å². The zero-order valence-corrected chi connectivity index (χ0v) is 53.1. The molecule has 0 aromatic heterocycles. The molecular weight excluding hydrogens is 972 g/mol. The van der Waals surface area contributed by atoms with E-state index in [-0.39, 0.29) is 19.1 Å². The van der Waals surface area contributed by atoms with Crippen molar-refractivity contribution in [3.63, 3.8) is 0 Å². The Morgan fingerprint density at radius 2 is 0.714 bits per heavy atom. The van der Waals surface area contributed by atoms with Crippen LogP contribution in [0.5, 0.6) is 0 Å². The van der Waals surface area contributed by atoms with E-state index >= 15 is 0 Å². The normalized spacial score (nSPS) is 13.9. The number of unbranched alkanes of at least 4 members (excludes halogenated alkanes) is 46. The lowest BCUT2D eigenvalue weighted by molar-refractivity contribution is -0.870. The topological polar surface area (TPSA) is 105 Å². The van der Waals surface area contributed by atoms with Gasteiger partial charge in [0, 0.05) is 6.42 Å². The quantitative estimate of drug-likeness (QED) is 0.0243. The van der Waals surface area contributed by atoms with Gasteiger partial charge in [0.05, 0.1) is 39.9 Å². The highest BCUT2D eigenvalue weighted by Gasteiger charge is 2.28. The molecule has 0 bridgehead atoms. The van der Waals surface area contributed by atoms with Crippen molar-refractivity contribution in [1.29, 1.82) is 0 Å². The molecule has 77 heavy (non-hydrogen) atoms. The summed E-state index contributed by atoms with van der Waals surface area (Å²) in [5.74, 6) is -0.180. The zero-order valence-electron chi connectivity index (χ0n) is 52.2. The molecule has 0 aromatic carbocycles. The third-order valence-corrected chi connectivity index (χ3v) is 16.6. The van der Waals surface area contributed by atoms with E-state index in [0.29, 0.717) is 17.4 Å². The predicted octanol–water partition coefficient (Wildman–Crippen LogP) is 21.3. The second kappa shape index (κ2) is 59.3. The molecule has 0 heterocycles. The predicted molar refractivity (Wildman–Crippen MR) is 337 cm³/mol. The number of hydrogen-bond donors (Lipinski definition) is 3. The zero-order chi connectivity index (χ0) is 56.3. The maximum atomic E-state index is 13.0. The number of quaternary nitrogens is 1. The van der Waals surface area contributed by atoms with Gasteiger partial charge >= 0.3 is 7.82 Å². The van der Waals surface area contributed by atoms with Crippen LogP contribution in [0.1, 0.15) is 341 Å². The number of phosphoric ester groups is 1. The highest BCUT2D eigenvalue weighted by Crippen LogP contribution is 2.43. The van der Waals surface area contributed by atoms with Crippen LogP contribution in [0.2, 0.25) is 0 Å². The molecule has 0 aliphatic carbocycles. The van der Waals surface area contributed by atoms with Crippen molar-refractivity contribution in [2.45, 2.75) is 353 Å². The van der Waals surface area contributed by atoms with Crippen molar-refractivity contribution >= 4 is 13.7 Å². The van der Waals surface area contributed by atoms with Gasteiger partial charge in [0.2, 0.25) is 5.91 Å². The Hall–Kier alpha value is -1.28. The van der Waals surface area contributed by atoms with Gasteiger partial charge in [-0.3, -0.25) is 13.8 Å². The van der Waals surface area contributed by atoms with Gasteiger partial charge in [-0.1, -0.05) is 314 Å². The Morgan fingerprint density at radius 1 is 0.429 bits per heavy atom. The van der Waals surface area contributed by atoms with Crippen molar-refractivity contribution in [3.05, 3.63) is 36.5 Å². The first-order chi connectivity index (χ1) is 37.5. The number of amides is 1. The Morgan fingerprint density at radius 3 is 1.04 bits per heavy atom. The second-order valence-corrected chi connectivity index (χ2v) is 26.0. The van der Waals surface area contributed by atoms with Gasteiger partial charge in [0.25, 0.3) is 0 Å². The lowest BCUT2D eigenvalue weighted by atomic mass is 10.0. The van der Waals surface area contributed by atoms with Crippen LogP contribution >= 0.6 is 7.82 Å². The van der Waals surface area contributed by atoms with Gasteiger partial charge in [0.15, 0.2) is 0 Å². The summed E-state index contributed by atoms with van der Waals surface area (Å²) in [5.41, 5.74) is 0.